The minimum absolute atomic E-state index is 0.317. The molecule has 0 fully saturated rings. The second-order valence-electron chi connectivity index (χ2n) is 8.23. The Morgan fingerprint density at radius 3 is 2.12 bits per heavy atom. The molecule has 33 heavy (non-hydrogen) atoms. The van der Waals surface area contributed by atoms with Crippen LogP contribution in [0.2, 0.25) is 15.1 Å². The Morgan fingerprint density at radius 2 is 1.48 bits per heavy atom. The van der Waals surface area contributed by atoms with E-state index in [2.05, 4.69) is 24.1 Å². The summed E-state index contributed by atoms with van der Waals surface area (Å²) in [7, 11) is 1.62. The summed E-state index contributed by atoms with van der Waals surface area (Å²) in [5, 5.41) is 5.06. The molecule has 2 rings (SSSR count). The molecule has 0 radical (unpaired) electrons. The Labute approximate surface area is 214 Å². The minimum atomic E-state index is 0.317. The molecule has 0 saturated heterocycles. The first-order chi connectivity index (χ1) is 16.0. The van der Waals surface area contributed by atoms with Crippen molar-refractivity contribution in [3.05, 3.63) is 56.5 Å². The maximum absolute atomic E-state index is 6.53. The van der Waals surface area contributed by atoms with Crippen molar-refractivity contribution in [1.29, 1.82) is 0 Å². The fraction of sp³-hybridized carbons (Fsp3) is 0.538. The fourth-order valence-electron chi connectivity index (χ4n) is 3.56. The molecule has 0 heterocycles. The zero-order valence-electron chi connectivity index (χ0n) is 20.1. The van der Waals surface area contributed by atoms with Crippen LogP contribution in [0, 0.1) is 0 Å². The Balaban J connectivity index is 1.86. The normalized spacial score (nSPS) is 11.2. The van der Waals surface area contributed by atoms with Crippen LogP contribution in [0.15, 0.2) is 30.3 Å². The molecular formula is C26H37Cl3N2O2. The van der Waals surface area contributed by atoms with Gasteiger partial charge in [-0.05, 0) is 80.8 Å². The lowest BCUT2D eigenvalue weighted by Crippen LogP contribution is -2.29. The lowest BCUT2D eigenvalue weighted by Gasteiger charge is -2.22. The first-order valence-corrected chi connectivity index (χ1v) is 13.0. The molecule has 0 atom stereocenters. The number of hydrogen-bond donors (Lipinski definition) is 1. The van der Waals surface area contributed by atoms with Crippen LogP contribution in [0.25, 0.3) is 0 Å². The van der Waals surface area contributed by atoms with Crippen LogP contribution in [-0.2, 0) is 13.2 Å². The second-order valence-corrected chi connectivity index (χ2v) is 9.45. The molecule has 0 aromatic heterocycles. The molecule has 2 aromatic rings. The van der Waals surface area contributed by atoms with Gasteiger partial charge in [0.05, 0.1) is 22.2 Å². The van der Waals surface area contributed by atoms with Gasteiger partial charge >= 0.3 is 0 Å². The van der Waals surface area contributed by atoms with Crippen molar-refractivity contribution in [2.24, 2.45) is 0 Å². The molecule has 4 nitrogen and oxygen atoms in total. The molecule has 0 spiro atoms. The molecule has 0 aliphatic heterocycles. The maximum Gasteiger partial charge on any atom is 0.180 e. The van der Waals surface area contributed by atoms with E-state index in [9.17, 15) is 0 Å². The number of benzene rings is 2. The summed E-state index contributed by atoms with van der Waals surface area (Å²) in [5.41, 5.74) is 1.97. The first-order valence-electron chi connectivity index (χ1n) is 11.8. The molecular weight excluding hydrogens is 479 g/mol. The predicted molar refractivity (Wildman–Crippen MR) is 141 cm³/mol. The number of nitrogens with one attached hydrogen (secondary N) is 1. The van der Waals surface area contributed by atoms with Gasteiger partial charge < -0.3 is 19.7 Å². The SMILES string of the molecule is CCCCN(CCCC)CCCNCc1cc(Cl)c(OCc2ccc(Cl)c(Cl)c2)c(OC)c1. The van der Waals surface area contributed by atoms with Gasteiger partial charge in [0.2, 0.25) is 0 Å². The molecule has 0 aliphatic carbocycles. The van der Waals surface area contributed by atoms with Gasteiger partial charge in [0.25, 0.3) is 0 Å². The fourth-order valence-corrected chi connectivity index (χ4v) is 4.17. The van der Waals surface area contributed by atoms with Crippen LogP contribution in [0.4, 0.5) is 0 Å². The van der Waals surface area contributed by atoms with Crippen molar-refractivity contribution in [3.8, 4) is 11.5 Å². The molecule has 7 heteroatoms. The van der Waals surface area contributed by atoms with Gasteiger partial charge in [-0.3, -0.25) is 0 Å². The lowest BCUT2D eigenvalue weighted by atomic mass is 10.2. The van der Waals surface area contributed by atoms with E-state index in [0.717, 1.165) is 37.2 Å². The summed E-state index contributed by atoms with van der Waals surface area (Å²) in [6.45, 7) is 10.1. The van der Waals surface area contributed by atoms with E-state index < -0.39 is 0 Å². The summed E-state index contributed by atoms with van der Waals surface area (Å²) in [6, 6.07) is 9.31. The number of methoxy groups -OCH3 is 1. The molecule has 0 unspecified atom stereocenters. The number of rotatable bonds is 16. The average Bonchev–Trinajstić information content (AvgIpc) is 2.81. The van der Waals surface area contributed by atoms with E-state index in [1.807, 2.05) is 18.2 Å². The van der Waals surface area contributed by atoms with Crippen molar-refractivity contribution in [1.82, 2.24) is 10.2 Å². The molecule has 1 N–H and O–H groups in total. The highest BCUT2D eigenvalue weighted by molar-refractivity contribution is 6.42. The molecule has 0 aliphatic rings. The van der Waals surface area contributed by atoms with Gasteiger partial charge in [-0.15, -0.1) is 0 Å². The van der Waals surface area contributed by atoms with E-state index in [4.69, 9.17) is 44.3 Å². The number of halogens is 3. The lowest BCUT2D eigenvalue weighted by molar-refractivity contribution is 0.261. The Hall–Kier alpha value is -1.17. The van der Waals surface area contributed by atoms with Crippen molar-refractivity contribution in [3.63, 3.8) is 0 Å². The minimum Gasteiger partial charge on any atom is -0.493 e. The largest absolute Gasteiger partial charge is 0.493 e. The van der Waals surface area contributed by atoms with Crippen LogP contribution >= 0.6 is 34.8 Å². The maximum atomic E-state index is 6.53. The van der Waals surface area contributed by atoms with Crippen LogP contribution < -0.4 is 14.8 Å². The van der Waals surface area contributed by atoms with Crippen LogP contribution in [-0.4, -0.2) is 38.2 Å². The quantitative estimate of drug-likeness (QED) is 0.233. The van der Waals surface area contributed by atoms with Crippen LogP contribution in [0.1, 0.15) is 57.1 Å². The third-order valence-electron chi connectivity index (χ3n) is 5.47. The van der Waals surface area contributed by atoms with Gasteiger partial charge in [-0.1, -0.05) is 67.6 Å². The highest BCUT2D eigenvalue weighted by Gasteiger charge is 2.13. The monoisotopic (exact) mass is 514 g/mol. The highest BCUT2D eigenvalue weighted by atomic mass is 35.5. The first kappa shape index (κ1) is 28.1. The van der Waals surface area contributed by atoms with Gasteiger partial charge in [0, 0.05) is 6.54 Å². The van der Waals surface area contributed by atoms with Gasteiger partial charge in [-0.2, -0.15) is 0 Å². The third kappa shape index (κ3) is 9.92. The number of ether oxygens (including phenoxy) is 2. The van der Waals surface area contributed by atoms with E-state index >= 15 is 0 Å². The number of hydrogen-bond acceptors (Lipinski definition) is 4. The Kier molecular flexibility index (Phi) is 13.3. The predicted octanol–water partition coefficient (Wildman–Crippen LogP) is 7.62. The van der Waals surface area contributed by atoms with E-state index in [1.165, 1.54) is 38.8 Å². The highest BCUT2D eigenvalue weighted by Crippen LogP contribution is 2.37. The van der Waals surface area contributed by atoms with Crippen LogP contribution in [0.3, 0.4) is 0 Å². The summed E-state index contributed by atoms with van der Waals surface area (Å²) in [6.07, 6.45) is 6.17. The molecule has 0 amide bonds. The zero-order valence-corrected chi connectivity index (χ0v) is 22.3. The van der Waals surface area contributed by atoms with Crippen molar-refractivity contribution < 1.29 is 9.47 Å². The molecule has 184 valence electrons. The van der Waals surface area contributed by atoms with Gasteiger partial charge in [-0.25, -0.2) is 0 Å². The van der Waals surface area contributed by atoms with E-state index in [-0.39, 0.29) is 0 Å². The topological polar surface area (TPSA) is 33.7 Å². The molecule has 2 aromatic carbocycles. The van der Waals surface area contributed by atoms with E-state index in [0.29, 0.717) is 33.2 Å². The summed E-state index contributed by atoms with van der Waals surface area (Å²) in [5.74, 6) is 1.14. The summed E-state index contributed by atoms with van der Waals surface area (Å²) >= 11 is 18.6. The standard InChI is InChI=1S/C26H37Cl3N2O2/c1-4-6-12-31(13-7-5-2)14-8-11-30-18-21-16-24(29)26(25(17-21)32-3)33-19-20-9-10-22(27)23(28)15-20/h9-10,15-17,30H,4-8,11-14,18-19H2,1-3H3. The van der Waals surface area contributed by atoms with E-state index in [1.54, 1.807) is 19.2 Å². The summed E-state index contributed by atoms with van der Waals surface area (Å²) in [4.78, 5) is 2.59. The number of unbranched alkanes of at least 4 members (excludes halogenated alkanes) is 2. The average molecular weight is 516 g/mol. The third-order valence-corrected chi connectivity index (χ3v) is 6.49. The number of nitrogens with zero attached hydrogens (tertiary/aromatic N) is 1. The zero-order chi connectivity index (χ0) is 24.1. The smallest absolute Gasteiger partial charge is 0.180 e. The van der Waals surface area contributed by atoms with Crippen molar-refractivity contribution >= 4 is 34.8 Å². The Bertz CT molecular complexity index is 841. The summed E-state index contributed by atoms with van der Waals surface area (Å²) < 4.78 is 11.5. The van der Waals surface area contributed by atoms with Crippen molar-refractivity contribution in [2.45, 2.75) is 59.1 Å². The Morgan fingerprint density at radius 1 is 0.818 bits per heavy atom. The van der Waals surface area contributed by atoms with Gasteiger partial charge in [0.1, 0.15) is 6.61 Å². The van der Waals surface area contributed by atoms with Crippen LogP contribution in [0.5, 0.6) is 11.5 Å². The van der Waals surface area contributed by atoms with Gasteiger partial charge in [0.15, 0.2) is 11.5 Å². The molecule has 0 saturated carbocycles. The van der Waals surface area contributed by atoms with Crippen molar-refractivity contribution in [2.75, 3.05) is 33.3 Å². The molecule has 0 bridgehead atoms. The second kappa shape index (κ2) is 15.7.